The molecule has 1 aromatic carbocycles. The molecule has 0 aliphatic heterocycles. The molecule has 0 bridgehead atoms. The van der Waals surface area contributed by atoms with E-state index >= 15 is 0 Å². The van der Waals surface area contributed by atoms with Crippen molar-refractivity contribution in [3.8, 4) is 0 Å². The number of aromatic amines is 1. The Morgan fingerprint density at radius 1 is 1.27 bits per heavy atom. The maximum Gasteiger partial charge on any atom is 0.154 e. The normalized spacial score (nSPS) is 18.1. The van der Waals surface area contributed by atoms with Gasteiger partial charge in [-0.15, -0.1) is 0 Å². The van der Waals surface area contributed by atoms with E-state index in [2.05, 4.69) is 10.3 Å². The van der Waals surface area contributed by atoms with E-state index in [1.165, 1.54) is 18.4 Å². The molecule has 1 fully saturated rings. The van der Waals surface area contributed by atoms with Gasteiger partial charge in [0.2, 0.25) is 0 Å². The third kappa shape index (κ3) is 2.90. The van der Waals surface area contributed by atoms with E-state index in [1.807, 2.05) is 6.07 Å². The van der Waals surface area contributed by atoms with Crippen molar-refractivity contribution in [3.63, 3.8) is 0 Å². The third-order valence-electron chi connectivity index (χ3n) is 4.70. The van der Waals surface area contributed by atoms with Gasteiger partial charge in [0.15, 0.2) is 9.84 Å². The van der Waals surface area contributed by atoms with E-state index in [0.29, 0.717) is 13.1 Å². The molecule has 1 saturated carbocycles. The maximum atomic E-state index is 13.2. The number of sulfone groups is 1. The van der Waals surface area contributed by atoms with Gasteiger partial charge in [0.1, 0.15) is 5.82 Å². The highest BCUT2D eigenvalue weighted by Gasteiger charge is 2.42. The molecule has 2 N–H and O–H groups in total. The summed E-state index contributed by atoms with van der Waals surface area (Å²) in [5.41, 5.74) is 1.69. The summed E-state index contributed by atoms with van der Waals surface area (Å²) >= 11 is 0. The Hall–Kier alpha value is -1.40. The summed E-state index contributed by atoms with van der Waals surface area (Å²) in [4.78, 5) is 3.16. The molecule has 120 valence electrons. The molecule has 22 heavy (non-hydrogen) atoms. The van der Waals surface area contributed by atoms with E-state index < -0.39 is 14.6 Å². The molecule has 2 aromatic rings. The molecule has 1 heterocycles. The fraction of sp³-hybridized carbons (Fsp3) is 0.500. The Morgan fingerprint density at radius 3 is 2.68 bits per heavy atom. The van der Waals surface area contributed by atoms with Crippen LogP contribution in [-0.2, 0) is 16.4 Å². The molecule has 1 aliphatic rings. The van der Waals surface area contributed by atoms with Crippen LogP contribution in [-0.4, -0.2) is 30.9 Å². The molecule has 0 radical (unpaired) electrons. The topological polar surface area (TPSA) is 62.0 Å². The highest BCUT2D eigenvalue weighted by molar-refractivity contribution is 7.92. The second-order valence-electron chi connectivity index (χ2n) is 6.29. The van der Waals surface area contributed by atoms with E-state index in [9.17, 15) is 12.8 Å². The van der Waals surface area contributed by atoms with Gasteiger partial charge in [-0.25, -0.2) is 12.8 Å². The lowest BCUT2D eigenvalue weighted by atomic mass is 10.1. The number of halogens is 1. The Kier molecular flexibility index (Phi) is 3.99. The van der Waals surface area contributed by atoms with Gasteiger partial charge in [0, 0.05) is 30.6 Å². The summed E-state index contributed by atoms with van der Waals surface area (Å²) in [6, 6.07) is 6.60. The van der Waals surface area contributed by atoms with Gasteiger partial charge in [-0.2, -0.15) is 0 Å². The number of benzene rings is 1. The van der Waals surface area contributed by atoms with Crippen LogP contribution in [0.1, 0.15) is 31.4 Å². The fourth-order valence-corrected chi connectivity index (χ4v) is 4.77. The van der Waals surface area contributed by atoms with Crippen molar-refractivity contribution >= 4 is 20.7 Å². The van der Waals surface area contributed by atoms with Crippen LogP contribution in [0.2, 0.25) is 0 Å². The highest BCUT2D eigenvalue weighted by atomic mass is 32.2. The molecule has 1 aromatic heterocycles. The molecule has 6 heteroatoms. The van der Waals surface area contributed by atoms with Crippen LogP contribution in [0.4, 0.5) is 4.39 Å². The summed E-state index contributed by atoms with van der Waals surface area (Å²) < 4.78 is 36.7. The minimum atomic E-state index is -3.07. The molecular weight excluding hydrogens is 303 g/mol. The first kappa shape index (κ1) is 15.5. The predicted octanol–water partition coefficient (Wildman–Crippen LogP) is 2.75. The van der Waals surface area contributed by atoms with Gasteiger partial charge >= 0.3 is 0 Å². The lowest BCUT2D eigenvalue weighted by molar-refractivity contribution is 0.480. The zero-order chi connectivity index (χ0) is 15.8. The molecule has 0 atom stereocenters. The minimum Gasteiger partial charge on any atom is -0.357 e. The number of aromatic nitrogens is 1. The quantitative estimate of drug-likeness (QED) is 0.889. The van der Waals surface area contributed by atoms with Gasteiger partial charge in [-0.1, -0.05) is 12.8 Å². The van der Waals surface area contributed by atoms with Crippen LogP contribution in [0, 0.1) is 5.82 Å². The first-order chi connectivity index (χ1) is 10.4. The third-order valence-corrected chi connectivity index (χ3v) is 6.83. The van der Waals surface area contributed by atoms with E-state index in [-0.39, 0.29) is 5.82 Å². The van der Waals surface area contributed by atoms with Gasteiger partial charge in [-0.05, 0) is 42.5 Å². The zero-order valence-corrected chi connectivity index (χ0v) is 13.5. The number of fused-ring (bicyclic) bond motifs is 1. The maximum absolute atomic E-state index is 13.2. The SMILES string of the molecule is CS(=O)(=O)C1(CNCc2cc3ccc(F)cc3[nH]2)CCCC1. The average molecular weight is 324 g/mol. The number of H-pyrrole nitrogens is 1. The molecule has 3 rings (SSSR count). The second kappa shape index (κ2) is 5.66. The van der Waals surface area contributed by atoms with Crippen LogP contribution >= 0.6 is 0 Å². The van der Waals surface area contributed by atoms with Crippen LogP contribution in [0.3, 0.4) is 0 Å². The van der Waals surface area contributed by atoms with E-state index in [1.54, 1.807) is 6.07 Å². The number of rotatable bonds is 5. The molecule has 0 unspecified atom stereocenters. The van der Waals surface area contributed by atoms with Crippen LogP contribution < -0.4 is 5.32 Å². The van der Waals surface area contributed by atoms with Crippen molar-refractivity contribution in [2.24, 2.45) is 0 Å². The summed E-state index contributed by atoms with van der Waals surface area (Å²) in [5.74, 6) is -0.268. The Morgan fingerprint density at radius 2 is 2.00 bits per heavy atom. The summed E-state index contributed by atoms with van der Waals surface area (Å²) in [6.07, 6.45) is 4.75. The molecular formula is C16H21FN2O2S. The van der Waals surface area contributed by atoms with Gasteiger partial charge in [0.25, 0.3) is 0 Å². The van der Waals surface area contributed by atoms with Crippen molar-refractivity contribution in [1.82, 2.24) is 10.3 Å². The largest absolute Gasteiger partial charge is 0.357 e. The molecule has 0 amide bonds. The minimum absolute atomic E-state index is 0.268. The van der Waals surface area contributed by atoms with Crippen molar-refractivity contribution in [1.29, 1.82) is 0 Å². The van der Waals surface area contributed by atoms with Crippen LogP contribution in [0.25, 0.3) is 10.9 Å². The van der Waals surface area contributed by atoms with Crippen molar-refractivity contribution in [2.45, 2.75) is 37.0 Å². The first-order valence-electron chi connectivity index (χ1n) is 7.57. The van der Waals surface area contributed by atoms with Crippen molar-refractivity contribution < 1.29 is 12.8 Å². The first-order valence-corrected chi connectivity index (χ1v) is 9.46. The fourth-order valence-electron chi connectivity index (χ4n) is 3.38. The number of hydrogen-bond acceptors (Lipinski definition) is 3. The summed E-state index contributed by atoms with van der Waals surface area (Å²) in [6.45, 7) is 1.02. The smallest absolute Gasteiger partial charge is 0.154 e. The van der Waals surface area contributed by atoms with Gasteiger partial charge in [-0.3, -0.25) is 0 Å². The van der Waals surface area contributed by atoms with Crippen LogP contribution in [0.15, 0.2) is 24.3 Å². The molecule has 0 spiro atoms. The average Bonchev–Trinajstić information content (AvgIpc) is 3.04. The molecule has 4 nitrogen and oxygen atoms in total. The lowest BCUT2D eigenvalue weighted by Crippen LogP contribution is -2.44. The van der Waals surface area contributed by atoms with Crippen LogP contribution in [0.5, 0.6) is 0 Å². The van der Waals surface area contributed by atoms with E-state index in [4.69, 9.17) is 0 Å². The molecule has 0 saturated heterocycles. The molecule has 1 aliphatic carbocycles. The summed E-state index contributed by atoms with van der Waals surface area (Å²) in [5, 5.41) is 4.22. The lowest BCUT2D eigenvalue weighted by Gasteiger charge is -2.27. The number of nitrogens with one attached hydrogen (secondary N) is 2. The van der Waals surface area contributed by atoms with Crippen molar-refractivity contribution in [3.05, 3.63) is 35.8 Å². The monoisotopic (exact) mass is 324 g/mol. The second-order valence-corrected chi connectivity index (χ2v) is 8.70. The van der Waals surface area contributed by atoms with E-state index in [0.717, 1.165) is 42.3 Å². The van der Waals surface area contributed by atoms with Gasteiger partial charge < -0.3 is 10.3 Å². The highest BCUT2D eigenvalue weighted by Crippen LogP contribution is 2.36. The standard InChI is InChI=1S/C16H21FN2O2S/c1-22(20,21)16(6-2-3-7-16)11-18-10-14-8-12-4-5-13(17)9-15(12)19-14/h4-5,8-9,18-19H,2-3,6-7,10-11H2,1H3. The Labute approximate surface area is 130 Å². The number of hydrogen-bond donors (Lipinski definition) is 2. The zero-order valence-electron chi connectivity index (χ0n) is 12.7. The van der Waals surface area contributed by atoms with Crippen molar-refractivity contribution in [2.75, 3.05) is 12.8 Å². The van der Waals surface area contributed by atoms with Gasteiger partial charge in [0.05, 0.1) is 4.75 Å². The predicted molar refractivity (Wildman–Crippen MR) is 86.0 cm³/mol. The Bertz CT molecular complexity index is 777. The Balaban J connectivity index is 1.69. The summed E-state index contributed by atoms with van der Waals surface area (Å²) in [7, 11) is -3.07.